The zero-order valence-corrected chi connectivity index (χ0v) is 7.37. The summed E-state index contributed by atoms with van der Waals surface area (Å²) in [7, 11) is 0. The summed E-state index contributed by atoms with van der Waals surface area (Å²) in [4.78, 5) is 17.3. The molecule has 0 aliphatic heterocycles. The molecular weight excluding hydrogens is 176 g/mol. The van der Waals surface area contributed by atoms with Crippen LogP contribution in [0.5, 0.6) is 0 Å². The summed E-state index contributed by atoms with van der Waals surface area (Å²) in [5, 5.41) is 2.05. The molecule has 14 heavy (non-hydrogen) atoms. The second-order valence-corrected chi connectivity index (χ2v) is 3.27. The first-order chi connectivity index (χ1) is 6.86. The third kappa shape index (κ3) is 0.836. The number of hydrogen-bond donors (Lipinski definition) is 2. The minimum absolute atomic E-state index is 0.0660. The van der Waals surface area contributed by atoms with E-state index < -0.39 is 0 Å². The van der Waals surface area contributed by atoms with Gasteiger partial charge in [-0.1, -0.05) is 18.2 Å². The van der Waals surface area contributed by atoms with Crippen LogP contribution in [0.15, 0.2) is 41.3 Å². The predicted molar refractivity (Wildman–Crippen MR) is 56.4 cm³/mol. The van der Waals surface area contributed by atoms with Gasteiger partial charge in [0.05, 0.1) is 0 Å². The normalized spacial score (nSPS) is 11.1. The highest BCUT2D eigenvalue weighted by atomic mass is 16.1. The lowest BCUT2D eigenvalue weighted by molar-refractivity contribution is 1.31. The van der Waals surface area contributed by atoms with Crippen LogP contribution in [0, 0.1) is 0 Å². The number of rotatable bonds is 0. The molecule has 0 unspecified atom stereocenters. The topological polar surface area (TPSA) is 48.6 Å². The standard InChI is InChI=1S/C11H8N2O/c14-11-10-8(5-6-12-10)7-3-1-2-4-9(7)13-11/h1-6,12H,(H,13,14). The summed E-state index contributed by atoms with van der Waals surface area (Å²) in [6.07, 6.45) is 1.78. The lowest BCUT2D eigenvalue weighted by Crippen LogP contribution is -2.05. The molecule has 3 aromatic rings. The van der Waals surface area contributed by atoms with Crippen LogP contribution in [0.1, 0.15) is 0 Å². The van der Waals surface area contributed by atoms with E-state index in [1.54, 1.807) is 6.20 Å². The number of benzene rings is 1. The Kier molecular flexibility index (Phi) is 1.31. The first-order valence-corrected chi connectivity index (χ1v) is 4.44. The van der Waals surface area contributed by atoms with Crippen LogP contribution < -0.4 is 5.56 Å². The predicted octanol–water partition coefficient (Wildman–Crippen LogP) is 2.01. The van der Waals surface area contributed by atoms with E-state index in [0.717, 1.165) is 16.3 Å². The molecule has 68 valence electrons. The maximum Gasteiger partial charge on any atom is 0.272 e. The molecule has 0 saturated heterocycles. The van der Waals surface area contributed by atoms with Gasteiger partial charge in [0.2, 0.25) is 0 Å². The monoisotopic (exact) mass is 184 g/mol. The quantitative estimate of drug-likeness (QED) is 0.551. The van der Waals surface area contributed by atoms with Gasteiger partial charge in [-0.3, -0.25) is 4.79 Å². The van der Waals surface area contributed by atoms with Crippen LogP contribution in [0.25, 0.3) is 21.8 Å². The van der Waals surface area contributed by atoms with Gasteiger partial charge in [0.25, 0.3) is 5.56 Å². The highest BCUT2D eigenvalue weighted by Gasteiger charge is 2.03. The number of nitrogens with one attached hydrogen (secondary N) is 2. The number of fused-ring (bicyclic) bond motifs is 3. The Bertz CT molecular complexity index is 663. The van der Waals surface area contributed by atoms with Crippen molar-refractivity contribution in [1.82, 2.24) is 9.97 Å². The van der Waals surface area contributed by atoms with E-state index in [4.69, 9.17) is 0 Å². The molecule has 0 bridgehead atoms. The van der Waals surface area contributed by atoms with Gasteiger partial charge in [-0.05, 0) is 12.1 Å². The van der Waals surface area contributed by atoms with Crippen LogP contribution in [0.4, 0.5) is 0 Å². The smallest absolute Gasteiger partial charge is 0.272 e. The SMILES string of the molecule is O=c1[nH]c2ccccc2c2cc[nH]c12. The van der Waals surface area contributed by atoms with Crippen LogP contribution >= 0.6 is 0 Å². The largest absolute Gasteiger partial charge is 0.357 e. The van der Waals surface area contributed by atoms with Crippen molar-refractivity contribution >= 4 is 21.8 Å². The Morgan fingerprint density at radius 3 is 2.79 bits per heavy atom. The molecule has 0 aliphatic carbocycles. The van der Waals surface area contributed by atoms with Crippen molar-refractivity contribution in [2.45, 2.75) is 0 Å². The van der Waals surface area contributed by atoms with E-state index in [9.17, 15) is 4.79 Å². The number of para-hydroxylation sites is 1. The fraction of sp³-hybridized carbons (Fsp3) is 0. The number of hydrogen-bond acceptors (Lipinski definition) is 1. The summed E-state index contributed by atoms with van der Waals surface area (Å²) in [5.41, 5.74) is 1.46. The lowest BCUT2D eigenvalue weighted by Gasteiger charge is -1.97. The average molecular weight is 184 g/mol. The second kappa shape index (κ2) is 2.48. The molecule has 0 atom stereocenters. The molecule has 0 amide bonds. The van der Waals surface area contributed by atoms with Gasteiger partial charge in [0.1, 0.15) is 5.52 Å². The molecule has 3 rings (SSSR count). The maximum atomic E-state index is 11.6. The van der Waals surface area contributed by atoms with Gasteiger partial charge in [0, 0.05) is 22.5 Å². The van der Waals surface area contributed by atoms with Crippen molar-refractivity contribution in [1.29, 1.82) is 0 Å². The number of H-pyrrole nitrogens is 2. The Balaban J connectivity index is 2.73. The van der Waals surface area contributed by atoms with Crippen molar-refractivity contribution in [2.75, 3.05) is 0 Å². The van der Waals surface area contributed by atoms with Crippen LogP contribution in [-0.2, 0) is 0 Å². The third-order valence-corrected chi connectivity index (χ3v) is 2.44. The first kappa shape index (κ1) is 7.38. The van der Waals surface area contributed by atoms with Crippen LogP contribution in [-0.4, -0.2) is 9.97 Å². The third-order valence-electron chi connectivity index (χ3n) is 2.44. The van der Waals surface area contributed by atoms with Crippen molar-refractivity contribution in [3.63, 3.8) is 0 Å². The lowest BCUT2D eigenvalue weighted by atomic mass is 10.1. The van der Waals surface area contributed by atoms with Gasteiger partial charge < -0.3 is 9.97 Å². The Morgan fingerprint density at radius 2 is 1.86 bits per heavy atom. The molecule has 2 heterocycles. The summed E-state index contributed by atoms with van der Waals surface area (Å²) >= 11 is 0. The first-order valence-electron chi connectivity index (χ1n) is 4.44. The summed E-state index contributed by atoms with van der Waals surface area (Å²) < 4.78 is 0. The molecule has 0 spiro atoms. The molecular formula is C11H8N2O. The number of pyridine rings is 1. The van der Waals surface area contributed by atoms with E-state index >= 15 is 0 Å². The molecule has 3 nitrogen and oxygen atoms in total. The molecule has 0 saturated carbocycles. The highest BCUT2D eigenvalue weighted by Crippen LogP contribution is 2.19. The zero-order chi connectivity index (χ0) is 9.54. The summed E-state index contributed by atoms with van der Waals surface area (Å²) in [6, 6.07) is 9.71. The molecule has 0 aliphatic rings. The van der Waals surface area contributed by atoms with Gasteiger partial charge in [-0.15, -0.1) is 0 Å². The fourth-order valence-electron chi connectivity index (χ4n) is 1.79. The van der Waals surface area contributed by atoms with Crippen molar-refractivity contribution in [2.24, 2.45) is 0 Å². The van der Waals surface area contributed by atoms with E-state index in [1.165, 1.54) is 0 Å². The van der Waals surface area contributed by atoms with Gasteiger partial charge in [0.15, 0.2) is 0 Å². The summed E-state index contributed by atoms with van der Waals surface area (Å²) in [5.74, 6) is 0. The van der Waals surface area contributed by atoms with Crippen molar-refractivity contribution in [3.8, 4) is 0 Å². The molecule has 0 radical (unpaired) electrons. The van der Waals surface area contributed by atoms with E-state index in [1.807, 2.05) is 30.3 Å². The van der Waals surface area contributed by atoms with Crippen molar-refractivity contribution in [3.05, 3.63) is 46.9 Å². The fourth-order valence-corrected chi connectivity index (χ4v) is 1.79. The Hall–Kier alpha value is -2.03. The second-order valence-electron chi connectivity index (χ2n) is 3.27. The molecule has 2 aromatic heterocycles. The van der Waals surface area contributed by atoms with Gasteiger partial charge >= 0.3 is 0 Å². The highest BCUT2D eigenvalue weighted by molar-refractivity contribution is 6.03. The van der Waals surface area contributed by atoms with E-state index in [-0.39, 0.29) is 5.56 Å². The van der Waals surface area contributed by atoms with Crippen LogP contribution in [0.2, 0.25) is 0 Å². The Labute approximate surface area is 79.4 Å². The average Bonchev–Trinajstić information content (AvgIpc) is 2.67. The van der Waals surface area contributed by atoms with E-state index in [2.05, 4.69) is 9.97 Å². The van der Waals surface area contributed by atoms with Crippen LogP contribution in [0.3, 0.4) is 0 Å². The number of aromatic nitrogens is 2. The molecule has 2 N–H and O–H groups in total. The maximum absolute atomic E-state index is 11.6. The van der Waals surface area contributed by atoms with Crippen molar-refractivity contribution < 1.29 is 0 Å². The number of aromatic amines is 2. The summed E-state index contributed by atoms with van der Waals surface area (Å²) in [6.45, 7) is 0. The van der Waals surface area contributed by atoms with Gasteiger partial charge in [-0.2, -0.15) is 0 Å². The zero-order valence-electron chi connectivity index (χ0n) is 7.37. The molecule has 0 fully saturated rings. The Morgan fingerprint density at radius 1 is 1.00 bits per heavy atom. The van der Waals surface area contributed by atoms with E-state index in [0.29, 0.717) is 5.52 Å². The molecule has 1 aromatic carbocycles. The minimum Gasteiger partial charge on any atom is -0.357 e. The minimum atomic E-state index is -0.0660. The van der Waals surface area contributed by atoms with Gasteiger partial charge in [-0.25, -0.2) is 0 Å². The molecule has 3 heteroatoms.